The predicted molar refractivity (Wildman–Crippen MR) is 154 cm³/mol. The number of imide groups is 1. The molecule has 3 atom stereocenters. The summed E-state index contributed by atoms with van der Waals surface area (Å²) in [5.74, 6) is -4.82. The van der Waals surface area contributed by atoms with Crippen LogP contribution in [0.3, 0.4) is 0 Å². The van der Waals surface area contributed by atoms with Crippen LogP contribution in [-0.2, 0) is 20.7 Å². The van der Waals surface area contributed by atoms with Crippen LogP contribution in [0.4, 0.5) is 18.4 Å². The molecule has 1 saturated heterocycles. The van der Waals surface area contributed by atoms with Gasteiger partial charge in [0.2, 0.25) is 0 Å². The van der Waals surface area contributed by atoms with Gasteiger partial charge in [0.1, 0.15) is 6.04 Å². The molecular formula is C30H35F2N5O7. The van der Waals surface area contributed by atoms with Gasteiger partial charge < -0.3 is 35.8 Å². The van der Waals surface area contributed by atoms with E-state index in [1.54, 1.807) is 0 Å². The van der Waals surface area contributed by atoms with E-state index in [0.29, 0.717) is 24.4 Å². The molecule has 4 amide bonds. The lowest BCUT2D eigenvalue weighted by Crippen LogP contribution is -2.55. The standard InChI is InChI=1S/C30H35F2N5O7/c1-36(19-9-10-33-23(15-19)20-6-4-3-5-17(20)14-25(38)39)12-11-34-29(42)37-27(18-7-8-21(31)22(32)13-18)26(28(40)41)24(16-44-2)35-30(37)43/h3-8,13,19,23,27,33H,9-12,14-16H2,1-2H3,(H,34,42)(H,35,43)(H,38,39)(H,40,41). The second-order valence-electron chi connectivity index (χ2n) is 10.7. The lowest BCUT2D eigenvalue weighted by molar-refractivity contribution is -0.136. The highest BCUT2D eigenvalue weighted by Gasteiger charge is 2.42. The van der Waals surface area contributed by atoms with Crippen LogP contribution in [0.2, 0.25) is 0 Å². The van der Waals surface area contributed by atoms with Crippen molar-refractivity contribution in [3.05, 3.63) is 82.1 Å². The number of likely N-dealkylation sites (N-methyl/N-ethyl adjacent to an activating group) is 1. The Morgan fingerprint density at radius 1 is 1.14 bits per heavy atom. The summed E-state index contributed by atoms with van der Waals surface area (Å²) in [6.07, 6.45) is 1.43. The number of carbonyl (C=O) groups is 4. The topological polar surface area (TPSA) is 161 Å². The Morgan fingerprint density at radius 2 is 1.89 bits per heavy atom. The molecule has 2 aliphatic heterocycles. The Labute approximate surface area is 252 Å². The molecular weight excluding hydrogens is 580 g/mol. The molecule has 14 heteroatoms. The monoisotopic (exact) mass is 615 g/mol. The fourth-order valence-corrected chi connectivity index (χ4v) is 5.72. The number of halogens is 2. The van der Waals surface area contributed by atoms with Crippen LogP contribution in [0.15, 0.2) is 53.7 Å². The van der Waals surface area contributed by atoms with Gasteiger partial charge >= 0.3 is 24.0 Å². The lowest BCUT2D eigenvalue weighted by atomic mass is 9.89. The number of carboxylic acid groups (broad SMARTS) is 2. The van der Waals surface area contributed by atoms with Gasteiger partial charge in [-0.25, -0.2) is 28.1 Å². The van der Waals surface area contributed by atoms with Crippen LogP contribution in [0.1, 0.15) is 41.6 Å². The van der Waals surface area contributed by atoms with Gasteiger partial charge in [-0.15, -0.1) is 0 Å². The van der Waals surface area contributed by atoms with Crippen molar-refractivity contribution in [1.29, 1.82) is 0 Å². The SMILES string of the molecule is COCC1=C(C(=O)O)C(c2ccc(F)c(F)c2)N(C(=O)NCCN(C)C2CCNC(c3ccccc3CC(=O)O)C2)C(=O)N1. The molecule has 2 aliphatic rings. The Kier molecular flexibility index (Phi) is 10.6. The number of ether oxygens (including phenoxy) is 1. The first-order valence-electron chi connectivity index (χ1n) is 14.0. The first-order valence-corrected chi connectivity index (χ1v) is 14.0. The number of amides is 4. The van der Waals surface area contributed by atoms with Crippen molar-refractivity contribution in [1.82, 2.24) is 25.8 Å². The zero-order valence-electron chi connectivity index (χ0n) is 24.3. The van der Waals surface area contributed by atoms with E-state index in [1.807, 2.05) is 31.3 Å². The molecule has 2 aromatic rings. The summed E-state index contributed by atoms with van der Waals surface area (Å²) < 4.78 is 32.9. The van der Waals surface area contributed by atoms with Crippen LogP contribution in [0.25, 0.3) is 0 Å². The Hall–Kier alpha value is -4.40. The minimum atomic E-state index is -1.56. The van der Waals surface area contributed by atoms with Gasteiger partial charge in [0.15, 0.2) is 11.6 Å². The van der Waals surface area contributed by atoms with Crippen LogP contribution in [-0.4, -0.2) is 90.5 Å². The summed E-state index contributed by atoms with van der Waals surface area (Å²) >= 11 is 0. The molecule has 0 bridgehead atoms. The molecule has 0 radical (unpaired) electrons. The van der Waals surface area contributed by atoms with E-state index in [2.05, 4.69) is 20.9 Å². The molecule has 5 N–H and O–H groups in total. The van der Waals surface area contributed by atoms with Gasteiger partial charge in [-0.3, -0.25) is 4.79 Å². The van der Waals surface area contributed by atoms with Crippen LogP contribution >= 0.6 is 0 Å². The zero-order valence-corrected chi connectivity index (χ0v) is 24.3. The van der Waals surface area contributed by atoms with Crippen LogP contribution in [0.5, 0.6) is 0 Å². The highest BCUT2D eigenvalue weighted by molar-refractivity contribution is 6.01. The zero-order chi connectivity index (χ0) is 32.0. The quantitative estimate of drug-likeness (QED) is 0.256. The Balaban J connectivity index is 1.47. The number of aliphatic carboxylic acids is 2. The van der Waals surface area contributed by atoms with E-state index in [9.17, 15) is 38.2 Å². The normalized spacial score (nSPS) is 20.4. The Morgan fingerprint density at radius 3 is 2.57 bits per heavy atom. The molecule has 12 nitrogen and oxygen atoms in total. The third-order valence-electron chi connectivity index (χ3n) is 7.84. The molecule has 2 heterocycles. The highest BCUT2D eigenvalue weighted by Crippen LogP contribution is 2.35. The number of nitrogens with one attached hydrogen (secondary N) is 3. The van der Waals surface area contributed by atoms with Crippen molar-refractivity contribution in [2.75, 3.05) is 40.4 Å². The summed E-state index contributed by atoms with van der Waals surface area (Å²) in [4.78, 5) is 52.8. The second kappa shape index (κ2) is 14.4. The molecule has 0 spiro atoms. The number of rotatable bonds is 11. The van der Waals surface area contributed by atoms with Gasteiger partial charge in [0, 0.05) is 32.3 Å². The summed E-state index contributed by atoms with van der Waals surface area (Å²) in [6, 6.07) is 6.68. The van der Waals surface area contributed by atoms with Gasteiger partial charge in [0.25, 0.3) is 0 Å². The maximum Gasteiger partial charge on any atom is 0.335 e. The average Bonchev–Trinajstić information content (AvgIpc) is 2.98. The predicted octanol–water partition coefficient (Wildman–Crippen LogP) is 2.78. The molecule has 2 aromatic carbocycles. The minimum absolute atomic E-state index is 0.0576. The summed E-state index contributed by atoms with van der Waals surface area (Å²) in [5.41, 5.74) is 1.02. The van der Waals surface area contributed by atoms with E-state index in [0.717, 1.165) is 35.7 Å². The number of carboxylic acids is 2. The maximum absolute atomic E-state index is 14.2. The number of hydrogen-bond donors (Lipinski definition) is 5. The molecule has 236 valence electrons. The Bertz CT molecular complexity index is 1450. The summed E-state index contributed by atoms with van der Waals surface area (Å²) in [6.45, 7) is 0.865. The number of hydrogen-bond acceptors (Lipinski definition) is 7. The van der Waals surface area contributed by atoms with E-state index in [4.69, 9.17) is 4.74 Å². The second-order valence-corrected chi connectivity index (χ2v) is 10.7. The van der Waals surface area contributed by atoms with Crippen molar-refractivity contribution in [2.24, 2.45) is 0 Å². The summed E-state index contributed by atoms with van der Waals surface area (Å²) in [7, 11) is 3.18. The lowest BCUT2D eigenvalue weighted by Gasteiger charge is -2.38. The van der Waals surface area contributed by atoms with Crippen molar-refractivity contribution in [2.45, 2.75) is 37.4 Å². The highest BCUT2D eigenvalue weighted by atomic mass is 19.2. The molecule has 44 heavy (non-hydrogen) atoms. The van der Waals surface area contributed by atoms with Gasteiger partial charge in [-0.05, 0) is 55.3 Å². The molecule has 3 unspecified atom stereocenters. The molecule has 4 rings (SSSR count). The van der Waals surface area contributed by atoms with E-state index < -0.39 is 47.3 Å². The number of benzene rings is 2. The largest absolute Gasteiger partial charge is 0.481 e. The number of methoxy groups -OCH3 is 1. The third kappa shape index (κ3) is 7.38. The average molecular weight is 616 g/mol. The van der Waals surface area contributed by atoms with Crippen LogP contribution < -0.4 is 16.0 Å². The number of urea groups is 2. The number of nitrogens with zero attached hydrogens (tertiary/aromatic N) is 2. The smallest absolute Gasteiger partial charge is 0.335 e. The molecule has 0 aliphatic carbocycles. The molecule has 1 fully saturated rings. The minimum Gasteiger partial charge on any atom is -0.481 e. The molecule has 0 saturated carbocycles. The van der Waals surface area contributed by atoms with E-state index in [-0.39, 0.29) is 42.9 Å². The first kappa shape index (κ1) is 32.5. The maximum atomic E-state index is 14.2. The summed E-state index contributed by atoms with van der Waals surface area (Å²) in [5, 5.41) is 27.8. The van der Waals surface area contributed by atoms with Crippen molar-refractivity contribution < 1.29 is 42.9 Å². The van der Waals surface area contributed by atoms with Crippen molar-refractivity contribution in [3.63, 3.8) is 0 Å². The van der Waals surface area contributed by atoms with Crippen LogP contribution in [0, 0.1) is 11.6 Å². The first-order chi connectivity index (χ1) is 21.0. The molecule has 0 aromatic heterocycles. The third-order valence-corrected chi connectivity index (χ3v) is 7.84. The number of piperidine rings is 1. The van der Waals surface area contributed by atoms with Gasteiger partial charge in [-0.1, -0.05) is 30.3 Å². The van der Waals surface area contributed by atoms with Crippen molar-refractivity contribution >= 4 is 24.0 Å². The van der Waals surface area contributed by atoms with E-state index in [1.165, 1.54) is 7.11 Å². The van der Waals surface area contributed by atoms with Crippen molar-refractivity contribution in [3.8, 4) is 0 Å². The number of carbonyl (C=O) groups excluding carboxylic acids is 2. The van der Waals surface area contributed by atoms with E-state index >= 15 is 0 Å². The fraction of sp³-hybridized carbons (Fsp3) is 0.400. The van der Waals surface area contributed by atoms with Gasteiger partial charge in [-0.2, -0.15) is 0 Å². The fourth-order valence-electron chi connectivity index (χ4n) is 5.72. The van der Waals surface area contributed by atoms with Gasteiger partial charge in [0.05, 0.1) is 24.3 Å².